The normalized spacial score (nSPS) is 10.5. The maximum Gasteiger partial charge on any atom is 0.407 e. The zero-order valence-electron chi connectivity index (χ0n) is 13.7. The third-order valence-corrected chi connectivity index (χ3v) is 3.43. The Morgan fingerprint density at radius 3 is 2.88 bits per heavy atom. The number of alkyl carbamates (subject to hydrolysis) is 1. The summed E-state index contributed by atoms with van der Waals surface area (Å²) in [6, 6.07) is 8.43. The number of hydrogen-bond acceptors (Lipinski definition) is 6. The number of oxazole rings is 1. The predicted octanol–water partition coefficient (Wildman–Crippen LogP) is 2.64. The van der Waals surface area contributed by atoms with E-state index < -0.39 is 6.09 Å². The average Bonchev–Trinajstić information content (AvgIpc) is 2.99. The van der Waals surface area contributed by atoms with Gasteiger partial charge in [-0.3, -0.25) is 9.78 Å². The van der Waals surface area contributed by atoms with Gasteiger partial charge in [0.05, 0.1) is 19.3 Å². The average molecular weight is 340 g/mol. The number of hydrogen-bond donors (Lipinski definition) is 2. The smallest absolute Gasteiger partial charge is 0.407 e. The molecule has 0 atom stereocenters. The van der Waals surface area contributed by atoms with Crippen molar-refractivity contribution in [3.8, 4) is 0 Å². The molecule has 3 rings (SSSR count). The molecule has 2 N–H and O–H groups in total. The lowest BCUT2D eigenvalue weighted by molar-refractivity contribution is 0.102. The summed E-state index contributed by atoms with van der Waals surface area (Å²) in [6.07, 6.45) is 0.945. The van der Waals surface area contributed by atoms with Crippen molar-refractivity contribution in [1.82, 2.24) is 15.3 Å². The molecule has 25 heavy (non-hydrogen) atoms. The van der Waals surface area contributed by atoms with Gasteiger partial charge >= 0.3 is 6.09 Å². The van der Waals surface area contributed by atoms with Gasteiger partial charge < -0.3 is 19.8 Å². The molecule has 0 aliphatic heterocycles. The highest BCUT2D eigenvalue weighted by atomic mass is 16.5. The number of carbonyl (C=O) groups is 2. The lowest BCUT2D eigenvalue weighted by Gasteiger charge is -2.07. The molecule has 8 heteroatoms. The second-order valence-corrected chi connectivity index (χ2v) is 5.25. The molecule has 0 saturated carbocycles. The number of rotatable bonds is 4. The summed E-state index contributed by atoms with van der Waals surface area (Å²) in [4.78, 5) is 31.9. The number of benzene rings is 1. The minimum Gasteiger partial charge on any atom is -0.453 e. The Kier molecular flexibility index (Phi) is 4.60. The number of aryl methyl sites for hydroxylation is 1. The van der Waals surface area contributed by atoms with E-state index in [2.05, 4.69) is 25.3 Å². The van der Waals surface area contributed by atoms with Crippen LogP contribution in [0.5, 0.6) is 0 Å². The van der Waals surface area contributed by atoms with E-state index in [4.69, 9.17) is 4.42 Å². The third kappa shape index (κ3) is 3.92. The van der Waals surface area contributed by atoms with Crippen LogP contribution in [0.25, 0.3) is 11.1 Å². The van der Waals surface area contributed by atoms with Gasteiger partial charge in [-0.15, -0.1) is 0 Å². The fraction of sp³-hybridized carbons (Fsp3) is 0.176. The van der Waals surface area contributed by atoms with Crippen LogP contribution in [0.2, 0.25) is 0 Å². The Bertz CT molecular complexity index is 935. The fourth-order valence-electron chi connectivity index (χ4n) is 2.27. The molecule has 0 fully saturated rings. The lowest BCUT2D eigenvalue weighted by atomic mass is 10.2. The predicted molar refractivity (Wildman–Crippen MR) is 90.2 cm³/mol. The van der Waals surface area contributed by atoms with Crippen molar-refractivity contribution in [1.29, 1.82) is 0 Å². The standard InChI is InChI=1S/C17H16N4O4/c1-10-20-14-8-12(3-4-15(14)25-10)21-16(22)11-5-6-18-13(7-11)9-19-17(23)24-2/h3-8H,9H2,1-2H3,(H,19,23)(H,21,22). The number of ether oxygens (including phenoxy) is 1. The lowest BCUT2D eigenvalue weighted by Crippen LogP contribution is -2.23. The number of nitrogens with one attached hydrogen (secondary N) is 2. The van der Waals surface area contributed by atoms with E-state index in [1.54, 1.807) is 37.3 Å². The number of carbonyl (C=O) groups excluding carboxylic acids is 2. The minimum atomic E-state index is -0.562. The van der Waals surface area contributed by atoms with Crippen LogP contribution in [0.1, 0.15) is 21.9 Å². The van der Waals surface area contributed by atoms with Gasteiger partial charge in [-0.25, -0.2) is 9.78 Å². The molecule has 2 aromatic heterocycles. The van der Waals surface area contributed by atoms with Gasteiger partial charge in [0.15, 0.2) is 11.5 Å². The molecule has 1 aromatic carbocycles. The van der Waals surface area contributed by atoms with Gasteiger partial charge in [0.2, 0.25) is 0 Å². The van der Waals surface area contributed by atoms with Crippen LogP contribution in [-0.4, -0.2) is 29.1 Å². The molecule has 0 unspecified atom stereocenters. The summed E-state index contributed by atoms with van der Waals surface area (Å²) in [7, 11) is 1.28. The van der Waals surface area contributed by atoms with Crippen molar-refractivity contribution >= 4 is 28.8 Å². The monoisotopic (exact) mass is 340 g/mol. The van der Waals surface area contributed by atoms with Crippen molar-refractivity contribution < 1.29 is 18.7 Å². The molecule has 2 heterocycles. The van der Waals surface area contributed by atoms with Crippen molar-refractivity contribution in [3.63, 3.8) is 0 Å². The van der Waals surface area contributed by atoms with E-state index in [0.717, 1.165) is 0 Å². The number of fused-ring (bicyclic) bond motifs is 1. The fourth-order valence-corrected chi connectivity index (χ4v) is 2.27. The summed E-state index contributed by atoms with van der Waals surface area (Å²) in [5.74, 6) is 0.275. The summed E-state index contributed by atoms with van der Waals surface area (Å²) in [5.41, 5.74) is 2.91. The van der Waals surface area contributed by atoms with E-state index >= 15 is 0 Å². The quantitative estimate of drug-likeness (QED) is 0.756. The molecule has 0 aliphatic rings. The summed E-state index contributed by atoms with van der Waals surface area (Å²) < 4.78 is 9.90. The molecule has 0 saturated heterocycles. The Balaban J connectivity index is 1.72. The van der Waals surface area contributed by atoms with E-state index in [0.29, 0.717) is 33.9 Å². The molecule has 0 spiro atoms. The SMILES string of the molecule is COC(=O)NCc1cc(C(=O)Nc2ccc3oc(C)nc3c2)ccn1. The van der Waals surface area contributed by atoms with Crippen molar-refractivity contribution in [2.24, 2.45) is 0 Å². The summed E-state index contributed by atoms with van der Waals surface area (Å²) >= 11 is 0. The highest BCUT2D eigenvalue weighted by molar-refractivity contribution is 6.04. The first-order valence-corrected chi connectivity index (χ1v) is 7.50. The van der Waals surface area contributed by atoms with Gasteiger partial charge in [0.25, 0.3) is 5.91 Å². The molecular weight excluding hydrogens is 324 g/mol. The van der Waals surface area contributed by atoms with Crippen LogP contribution in [-0.2, 0) is 11.3 Å². The van der Waals surface area contributed by atoms with Gasteiger partial charge in [0.1, 0.15) is 5.52 Å². The number of amides is 2. The van der Waals surface area contributed by atoms with Crippen molar-refractivity contribution in [2.45, 2.75) is 13.5 Å². The maximum atomic E-state index is 12.4. The number of methoxy groups -OCH3 is 1. The Morgan fingerprint density at radius 2 is 2.08 bits per heavy atom. The third-order valence-electron chi connectivity index (χ3n) is 3.43. The second kappa shape index (κ2) is 7.00. The van der Waals surface area contributed by atoms with Crippen molar-refractivity contribution in [2.75, 3.05) is 12.4 Å². The molecule has 8 nitrogen and oxygen atoms in total. The number of aromatic nitrogens is 2. The first kappa shape index (κ1) is 16.4. The highest BCUT2D eigenvalue weighted by Crippen LogP contribution is 2.20. The Morgan fingerprint density at radius 1 is 1.24 bits per heavy atom. The largest absolute Gasteiger partial charge is 0.453 e. The molecule has 0 bridgehead atoms. The molecule has 0 radical (unpaired) electrons. The molecule has 2 amide bonds. The first-order valence-electron chi connectivity index (χ1n) is 7.50. The molecule has 128 valence electrons. The molecular formula is C17H16N4O4. The molecule has 3 aromatic rings. The van der Waals surface area contributed by atoms with E-state index in [1.165, 1.54) is 13.3 Å². The summed E-state index contributed by atoms with van der Waals surface area (Å²) in [6.45, 7) is 1.93. The van der Waals surface area contributed by atoms with Crippen LogP contribution in [0.3, 0.4) is 0 Å². The molecule has 0 aliphatic carbocycles. The van der Waals surface area contributed by atoms with E-state index in [9.17, 15) is 9.59 Å². The van der Waals surface area contributed by atoms with Gasteiger partial charge in [0, 0.05) is 24.4 Å². The zero-order valence-corrected chi connectivity index (χ0v) is 13.7. The zero-order chi connectivity index (χ0) is 17.8. The minimum absolute atomic E-state index is 0.165. The Hall–Kier alpha value is -3.42. The van der Waals surface area contributed by atoms with E-state index in [-0.39, 0.29) is 12.5 Å². The highest BCUT2D eigenvalue weighted by Gasteiger charge is 2.10. The van der Waals surface area contributed by atoms with Crippen LogP contribution in [0.15, 0.2) is 40.9 Å². The van der Waals surface area contributed by atoms with Gasteiger partial charge in [-0.1, -0.05) is 0 Å². The Labute approximate surface area is 143 Å². The maximum absolute atomic E-state index is 12.4. The van der Waals surface area contributed by atoms with Crippen molar-refractivity contribution in [3.05, 3.63) is 53.7 Å². The number of pyridine rings is 1. The number of nitrogens with zero attached hydrogens (tertiary/aromatic N) is 2. The number of anilines is 1. The van der Waals surface area contributed by atoms with Crippen LogP contribution in [0, 0.1) is 6.92 Å². The van der Waals surface area contributed by atoms with Crippen LogP contribution in [0.4, 0.5) is 10.5 Å². The van der Waals surface area contributed by atoms with Crippen LogP contribution < -0.4 is 10.6 Å². The van der Waals surface area contributed by atoms with Crippen LogP contribution >= 0.6 is 0 Å². The van der Waals surface area contributed by atoms with Gasteiger partial charge in [-0.05, 0) is 30.3 Å². The van der Waals surface area contributed by atoms with E-state index in [1.807, 2.05) is 0 Å². The second-order valence-electron chi connectivity index (χ2n) is 5.25. The van der Waals surface area contributed by atoms with Gasteiger partial charge in [-0.2, -0.15) is 0 Å². The first-order chi connectivity index (χ1) is 12.0. The summed E-state index contributed by atoms with van der Waals surface area (Å²) in [5, 5.41) is 5.32. The topological polar surface area (TPSA) is 106 Å².